The molecule has 128 valence electrons. The van der Waals surface area contributed by atoms with Gasteiger partial charge in [-0.2, -0.15) is 10.5 Å². The van der Waals surface area contributed by atoms with Crippen molar-refractivity contribution in [3.05, 3.63) is 35.4 Å². The third-order valence-electron chi connectivity index (χ3n) is 4.39. The molecule has 2 atom stereocenters. The van der Waals surface area contributed by atoms with Crippen LogP contribution in [0.2, 0.25) is 0 Å². The smallest absolute Gasteiger partial charge is 0.329 e. The van der Waals surface area contributed by atoms with Crippen LogP contribution in [-0.2, 0) is 19.1 Å². The summed E-state index contributed by atoms with van der Waals surface area (Å²) < 4.78 is 9.92. The highest BCUT2D eigenvalue weighted by Gasteiger charge is 2.89. The Morgan fingerprint density at radius 1 is 1.08 bits per heavy atom. The predicted molar refractivity (Wildman–Crippen MR) is 83.9 cm³/mol. The molecule has 0 radical (unpaired) electrons. The second kappa shape index (κ2) is 6.74. The summed E-state index contributed by atoms with van der Waals surface area (Å²) in [5, 5.41) is 19.5. The molecule has 25 heavy (non-hydrogen) atoms. The van der Waals surface area contributed by atoms with E-state index >= 15 is 0 Å². The van der Waals surface area contributed by atoms with Crippen LogP contribution in [0.1, 0.15) is 35.7 Å². The molecule has 0 N–H and O–H groups in total. The van der Waals surface area contributed by atoms with Gasteiger partial charge >= 0.3 is 11.9 Å². The lowest BCUT2D eigenvalue weighted by Gasteiger charge is -2.11. The van der Waals surface area contributed by atoms with Crippen molar-refractivity contribution in [3.8, 4) is 12.1 Å². The van der Waals surface area contributed by atoms with Gasteiger partial charge in [0.05, 0.1) is 25.4 Å². The van der Waals surface area contributed by atoms with Gasteiger partial charge in [0.15, 0.2) is 10.8 Å². The number of carbonyl (C=O) groups excluding carboxylic acids is 3. The highest BCUT2D eigenvalue weighted by molar-refractivity contribution is 6.03. The van der Waals surface area contributed by atoms with E-state index in [9.17, 15) is 24.9 Å². The number of benzene rings is 1. The number of ether oxygens (including phenoxy) is 2. The zero-order chi connectivity index (χ0) is 18.7. The highest BCUT2D eigenvalue weighted by Crippen LogP contribution is 2.75. The van der Waals surface area contributed by atoms with Gasteiger partial charge in [-0.05, 0) is 19.4 Å². The third-order valence-corrected chi connectivity index (χ3v) is 4.39. The van der Waals surface area contributed by atoms with E-state index in [-0.39, 0.29) is 24.3 Å². The molecule has 0 saturated heterocycles. The normalized spacial score (nSPS) is 26.6. The zero-order valence-electron chi connectivity index (χ0n) is 13.8. The first-order chi connectivity index (χ1) is 12.0. The number of nitrogens with zero attached hydrogens (tertiary/aromatic N) is 2. The topological polar surface area (TPSA) is 117 Å². The average Bonchev–Trinajstić information content (AvgIpc) is 3.26. The summed E-state index contributed by atoms with van der Waals surface area (Å²) >= 11 is 0. The van der Waals surface area contributed by atoms with Crippen LogP contribution in [0, 0.1) is 33.5 Å². The average molecular weight is 340 g/mol. The molecule has 0 aromatic heterocycles. The Hall–Kier alpha value is -3.19. The fourth-order valence-electron chi connectivity index (χ4n) is 3.27. The summed E-state index contributed by atoms with van der Waals surface area (Å²) in [4.78, 5) is 36.4. The molecule has 7 nitrogen and oxygen atoms in total. The minimum absolute atomic E-state index is 0.0192. The molecule has 0 spiro atoms. The minimum Gasteiger partial charge on any atom is -0.465 e. The number of esters is 2. The molecular formula is C18H16N2O5. The van der Waals surface area contributed by atoms with Crippen LogP contribution in [0.3, 0.4) is 0 Å². The van der Waals surface area contributed by atoms with Crippen molar-refractivity contribution < 1.29 is 23.9 Å². The quantitative estimate of drug-likeness (QED) is 0.572. The van der Waals surface area contributed by atoms with Gasteiger partial charge in [0.2, 0.25) is 0 Å². The molecule has 2 unspecified atom stereocenters. The summed E-state index contributed by atoms with van der Waals surface area (Å²) in [6.07, 6.45) is 0.550. The molecule has 1 saturated carbocycles. The minimum atomic E-state index is -2.05. The first-order valence-corrected chi connectivity index (χ1v) is 7.72. The van der Waals surface area contributed by atoms with Gasteiger partial charge in [-0.1, -0.05) is 24.3 Å². The Bertz CT molecular complexity index is 764. The van der Waals surface area contributed by atoms with Crippen molar-refractivity contribution in [2.45, 2.75) is 19.8 Å². The van der Waals surface area contributed by atoms with Crippen LogP contribution in [0.5, 0.6) is 0 Å². The van der Waals surface area contributed by atoms with E-state index in [2.05, 4.69) is 0 Å². The second-order valence-electron chi connectivity index (χ2n) is 5.46. The van der Waals surface area contributed by atoms with Crippen molar-refractivity contribution >= 4 is 18.2 Å². The molecule has 0 amide bonds. The molecule has 2 rings (SSSR count). The fraction of sp³-hybridized carbons (Fsp3) is 0.389. The maximum Gasteiger partial charge on any atom is 0.329 e. The van der Waals surface area contributed by atoms with E-state index in [1.807, 2.05) is 0 Å². The van der Waals surface area contributed by atoms with Gasteiger partial charge in [0, 0.05) is 11.5 Å². The Labute approximate surface area is 144 Å². The maximum atomic E-state index is 12.5. The molecule has 1 aromatic rings. The standard InChI is InChI=1S/C18H16N2O5/c1-3-24-15(22)17(10-19)14(13-8-6-5-7-12(13)9-21)18(17,11-20)16(23)25-4-2/h5-9,14H,3-4H2,1-2H3. The first-order valence-electron chi connectivity index (χ1n) is 7.72. The predicted octanol–water partition coefficient (Wildman–Crippen LogP) is 1.74. The Kier molecular flexibility index (Phi) is 4.89. The molecular weight excluding hydrogens is 324 g/mol. The Balaban J connectivity index is 2.72. The van der Waals surface area contributed by atoms with Gasteiger partial charge < -0.3 is 9.47 Å². The van der Waals surface area contributed by atoms with Crippen molar-refractivity contribution in [2.24, 2.45) is 10.8 Å². The van der Waals surface area contributed by atoms with Crippen LogP contribution >= 0.6 is 0 Å². The molecule has 7 heteroatoms. The molecule has 1 aromatic carbocycles. The van der Waals surface area contributed by atoms with Gasteiger partial charge in [-0.15, -0.1) is 0 Å². The molecule has 0 aliphatic heterocycles. The molecule has 0 bridgehead atoms. The maximum absolute atomic E-state index is 12.5. The Morgan fingerprint density at radius 2 is 1.56 bits per heavy atom. The number of rotatable bonds is 6. The van der Waals surface area contributed by atoms with E-state index in [1.165, 1.54) is 12.1 Å². The number of hydrogen-bond acceptors (Lipinski definition) is 7. The molecule has 0 heterocycles. The second-order valence-corrected chi connectivity index (χ2v) is 5.46. The summed E-state index contributed by atoms with van der Waals surface area (Å²) in [7, 11) is 0. The number of hydrogen-bond donors (Lipinski definition) is 0. The zero-order valence-corrected chi connectivity index (χ0v) is 13.8. The van der Waals surface area contributed by atoms with Crippen LogP contribution in [0.4, 0.5) is 0 Å². The van der Waals surface area contributed by atoms with Crippen LogP contribution in [-0.4, -0.2) is 31.4 Å². The van der Waals surface area contributed by atoms with Gasteiger partial charge in [-0.3, -0.25) is 14.4 Å². The van der Waals surface area contributed by atoms with E-state index in [4.69, 9.17) is 9.47 Å². The highest BCUT2D eigenvalue weighted by atomic mass is 16.5. The number of nitriles is 2. The lowest BCUT2D eigenvalue weighted by atomic mass is 9.95. The van der Waals surface area contributed by atoms with E-state index in [0.29, 0.717) is 6.29 Å². The lowest BCUT2D eigenvalue weighted by Crippen LogP contribution is -2.30. The van der Waals surface area contributed by atoms with E-state index < -0.39 is 28.7 Å². The largest absolute Gasteiger partial charge is 0.465 e. The van der Waals surface area contributed by atoms with Gasteiger partial charge in [0.1, 0.15) is 6.29 Å². The monoisotopic (exact) mass is 340 g/mol. The summed E-state index contributed by atoms with van der Waals surface area (Å²) in [5.74, 6) is -3.09. The van der Waals surface area contributed by atoms with Crippen molar-refractivity contribution in [1.29, 1.82) is 10.5 Å². The summed E-state index contributed by atoms with van der Waals surface area (Å²) in [6.45, 7) is 3.07. The third kappa shape index (κ3) is 2.28. The van der Waals surface area contributed by atoms with Crippen LogP contribution < -0.4 is 0 Å². The van der Waals surface area contributed by atoms with Crippen LogP contribution in [0.15, 0.2) is 24.3 Å². The molecule has 1 aliphatic carbocycles. The van der Waals surface area contributed by atoms with Crippen molar-refractivity contribution in [2.75, 3.05) is 13.2 Å². The van der Waals surface area contributed by atoms with Crippen molar-refractivity contribution in [3.63, 3.8) is 0 Å². The first kappa shape index (κ1) is 18.2. The van der Waals surface area contributed by atoms with Gasteiger partial charge in [0.25, 0.3) is 0 Å². The van der Waals surface area contributed by atoms with E-state index in [1.54, 1.807) is 38.1 Å². The summed E-state index contributed by atoms with van der Waals surface area (Å²) in [6, 6.07) is 9.81. The SMILES string of the molecule is CCOC(=O)C1(C#N)C(c2ccccc2C=O)C1(C#N)C(=O)OCC. The fourth-order valence-corrected chi connectivity index (χ4v) is 3.27. The molecule has 1 fully saturated rings. The van der Waals surface area contributed by atoms with Crippen molar-refractivity contribution in [1.82, 2.24) is 0 Å². The van der Waals surface area contributed by atoms with E-state index in [0.717, 1.165) is 0 Å². The number of carbonyl (C=O) groups is 3. The number of aldehydes is 1. The van der Waals surface area contributed by atoms with Crippen LogP contribution in [0.25, 0.3) is 0 Å². The summed E-state index contributed by atoms with van der Waals surface area (Å²) in [5.41, 5.74) is -3.65. The lowest BCUT2D eigenvalue weighted by molar-refractivity contribution is -0.155. The van der Waals surface area contributed by atoms with Gasteiger partial charge in [-0.25, -0.2) is 0 Å². The Morgan fingerprint density at radius 3 is 1.96 bits per heavy atom. The molecule has 1 aliphatic rings.